The molecule has 0 aliphatic carbocycles. The van der Waals surface area contributed by atoms with Crippen LogP contribution in [-0.4, -0.2) is 11.1 Å². The number of nitrogens with two attached hydrogens (primary N) is 1. The summed E-state index contributed by atoms with van der Waals surface area (Å²) in [4.78, 5) is 10.9. The Hall–Kier alpha value is -1.06. The van der Waals surface area contributed by atoms with E-state index in [2.05, 4.69) is 0 Å². The van der Waals surface area contributed by atoms with Gasteiger partial charge in [0.1, 0.15) is 5.54 Å². The Bertz CT molecular complexity index is 354. The average Bonchev–Trinajstić information content (AvgIpc) is 2.01. The topological polar surface area (TPSA) is 63.3 Å². The number of carbonyl (C=O) groups is 1. The molecule has 3 N–H and O–H groups in total. The van der Waals surface area contributed by atoms with Gasteiger partial charge < -0.3 is 10.8 Å². The summed E-state index contributed by atoms with van der Waals surface area (Å²) in [6, 6.07) is 5.05. The van der Waals surface area contributed by atoms with E-state index >= 15 is 0 Å². The number of hydrogen-bond acceptors (Lipinski definition) is 2. The number of halogens is 1. The summed E-state index contributed by atoms with van der Waals surface area (Å²) in [7, 11) is 0. The van der Waals surface area contributed by atoms with Crippen LogP contribution in [-0.2, 0) is 10.3 Å². The van der Waals surface area contributed by atoms with Crippen LogP contribution in [0.3, 0.4) is 0 Å². The van der Waals surface area contributed by atoms with Crippen molar-refractivity contribution in [2.45, 2.75) is 19.4 Å². The minimum absolute atomic E-state index is 0.498. The van der Waals surface area contributed by atoms with Gasteiger partial charge in [0.25, 0.3) is 0 Å². The van der Waals surface area contributed by atoms with E-state index in [9.17, 15) is 4.79 Å². The van der Waals surface area contributed by atoms with Gasteiger partial charge in [-0.25, -0.2) is 4.79 Å². The van der Waals surface area contributed by atoms with E-state index < -0.39 is 11.5 Å². The molecule has 1 aromatic rings. The fourth-order valence-corrected chi connectivity index (χ4v) is 1.45. The predicted octanol–water partition coefficient (Wildman–Crippen LogP) is 1.91. The molecule has 1 aromatic carbocycles. The number of rotatable bonds is 2. The zero-order valence-corrected chi connectivity index (χ0v) is 8.80. The summed E-state index contributed by atoms with van der Waals surface area (Å²) in [5.74, 6) is -1.07. The van der Waals surface area contributed by atoms with E-state index in [-0.39, 0.29) is 0 Å². The molecule has 0 spiro atoms. The van der Waals surface area contributed by atoms with Gasteiger partial charge in [-0.3, -0.25) is 0 Å². The van der Waals surface area contributed by atoms with Gasteiger partial charge in [-0.1, -0.05) is 17.7 Å². The number of aryl methyl sites for hydroxylation is 1. The lowest BCUT2D eigenvalue weighted by molar-refractivity contribution is -0.143. The Kier molecular flexibility index (Phi) is 2.83. The molecule has 4 heteroatoms. The highest BCUT2D eigenvalue weighted by molar-refractivity contribution is 6.30. The Morgan fingerprint density at radius 3 is 2.50 bits per heavy atom. The van der Waals surface area contributed by atoms with Crippen molar-refractivity contribution in [2.75, 3.05) is 0 Å². The third kappa shape index (κ3) is 2.05. The number of aliphatic carboxylic acids is 1. The summed E-state index contributed by atoms with van der Waals surface area (Å²) in [6.45, 7) is 3.29. The summed E-state index contributed by atoms with van der Waals surface area (Å²) in [6.07, 6.45) is 0. The number of carboxylic acid groups (broad SMARTS) is 1. The third-order valence-corrected chi connectivity index (χ3v) is 2.30. The van der Waals surface area contributed by atoms with Crippen molar-refractivity contribution in [1.82, 2.24) is 0 Å². The number of benzene rings is 1. The number of hydrogen-bond donors (Lipinski definition) is 2. The van der Waals surface area contributed by atoms with Crippen LogP contribution in [0.15, 0.2) is 18.2 Å². The van der Waals surface area contributed by atoms with Crippen LogP contribution in [0.1, 0.15) is 18.1 Å². The maximum Gasteiger partial charge on any atom is 0.328 e. The van der Waals surface area contributed by atoms with E-state index in [4.69, 9.17) is 22.4 Å². The normalized spacial score (nSPS) is 14.9. The first-order valence-electron chi connectivity index (χ1n) is 4.14. The van der Waals surface area contributed by atoms with Crippen molar-refractivity contribution in [1.29, 1.82) is 0 Å². The summed E-state index contributed by atoms with van der Waals surface area (Å²) in [5, 5.41) is 9.41. The van der Waals surface area contributed by atoms with E-state index in [1.807, 2.05) is 6.92 Å². The molecular formula is C10H12ClNO2. The van der Waals surface area contributed by atoms with Gasteiger partial charge in [0.15, 0.2) is 0 Å². The first-order valence-corrected chi connectivity index (χ1v) is 4.52. The monoisotopic (exact) mass is 213 g/mol. The molecule has 0 aliphatic heterocycles. The van der Waals surface area contributed by atoms with Crippen molar-refractivity contribution in [3.63, 3.8) is 0 Å². The maximum atomic E-state index is 10.9. The molecule has 0 aromatic heterocycles. The van der Waals surface area contributed by atoms with E-state index in [1.165, 1.54) is 6.92 Å². The third-order valence-electron chi connectivity index (χ3n) is 2.09. The Morgan fingerprint density at radius 2 is 2.07 bits per heavy atom. The van der Waals surface area contributed by atoms with E-state index in [0.29, 0.717) is 10.6 Å². The Balaban J connectivity index is 3.25. The molecule has 0 aliphatic rings. The van der Waals surface area contributed by atoms with Crippen molar-refractivity contribution in [3.05, 3.63) is 34.3 Å². The second-order valence-corrected chi connectivity index (χ2v) is 3.96. The molecule has 0 fully saturated rings. The first-order chi connectivity index (χ1) is 6.34. The molecule has 0 unspecified atom stereocenters. The van der Waals surface area contributed by atoms with Crippen LogP contribution in [0.4, 0.5) is 0 Å². The zero-order valence-electron chi connectivity index (χ0n) is 8.04. The smallest absolute Gasteiger partial charge is 0.328 e. The summed E-state index contributed by atoms with van der Waals surface area (Å²) >= 11 is 5.81. The fourth-order valence-electron chi connectivity index (χ4n) is 1.16. The van der Waals surface area contributed by atoms with Crippen LogP contribution < -0.4 is 5.73 Å². The van der Waals surface area contributed by atoms with Crippen LogP contribution >= 0.6 is 11.6 Å². The quantitative estimate of drug-likeness (QED) is 0.789. The van der Waals surface area contributed by atoms with Gasteiger partial charge in [0.05, 0.1) is 0 Å². The molecule has 0 amide bonds. The molecule has 14 heavy (non-hydrogen) atoms. The highest BCUT2D eigenvalue weighted by Crippen LogP contribution is 2.23. The standard InChI is InChI=1S/C10H12ClNO2/c1-6-3-7(5-8(11)4-6)10(2,12)9(13)14/h3-5H,12H2,1-2H3,(H,13,14)/t10-/m1/s1. The molecule has 1 atom stereocenters. The first kappa shape index (κ1) is 11.0. The SMILES string of the molecule is Cc1cc(Cl)cc([C@@](C)(N)C(=O)O)c1. The van der Waals surface area contributed by atoms with Crippen molar-refractivity contribution in [2.24, 2.45) is 5.73 Å². The minimum Gasteiger partial charge on any atom is -0.480 e. The highest BCUT2D eigenvalue weighted by atomic mass is 35.5. The van der Waals surface area contributed by atoms with Gasteiger partial charge in [-0.05, 0) is 37.1 Å². The van der Waals surface area contributed by atoms with Crippen LogP contribution in [0.25, 0.3) is 0 Å². The molecule has 0 saturated heterocycles. The highest BCUT2D eigenvalue weighted by Gasteiger charge is 2.30. The lowest BCUT2D eigenvalue weighted by Gasteiger charge is -2.20. The van der Waals surface area contributed by atoms with Gasteiger partial charge >= 0.3 is 5.97 Å². The largest absolute Gasteiger partial charge is 0.480 e. The van der Waals surface area contributed by atoms with Crippen molar-refractivity contribution < 1.29 is 9.90 Å². The van der Waals surface area contributed by atoms with Gasteiger partial charge in [-0.2, -0.15) is 0 Å². The van der Waals surface area contributed by atoms with Crippen LogP contribution in [0.5, 0.6) is 0 Å². The zero-order chi connectivity index (χ0) is 10.9. The summed E-state index contributed by atoms with van der Waals surface area (Å²) < 4.78 is 0. The van der Waals surface area contributed by atoms with Crippen molar-refractivity contribution >= 4 is 17.6 Å². The molecule has 3 nitrogen and oxygen atoms in total. The lowest BCUT2D eigenvalue weighted by atomic mass is 9.92. The van der Waals surface area contributed by atoms with E-state index in [1.54, 1.807) is 18.2 Å². The van der Waals surface area contributed by atoms with Gasteiger partial charge in [-0.15, -0.1) is 0 Å². The molecule has 0 bridgehead atoms. The van der Waals surface area contributed by atoms with E-state index in [0.717, 1.165) is 5.56 Å². The molecule has 76 valence electrons. The number of carboxylic acids is 1. The Morgan fingerprint density at radius 1 is 1.50 bits per heavy atom. The summed E-state index contributed by atoms with van der Waals surface area (Å²) in [5.41, 5.74) is 5.67. The lowest BCUT2D eigenvalue weighted by Crippen LogP contribution is -2.41. The predicted molar refractivity (Wildman–Crippen MR) is 55.4 cm³/mol. The second-order valence-electron chi connectivity index (χ2n) is 3.52. The molecule has 0 radical (unpaired) electrons. The fraction of sp³-hybridized carbons (Fsp3) is 0.300. The maximum absolute atomic E-state index is 10.9. The average molecular weight is 214 g/mol. The van der Waals surface area contributed by atoms with Gasteiger partial charge in [0, 0.05) is 5.02 Å². The van der Waals surface area contributed by atoms with Gasteiger partial charge in [0.2, 0.25) is 0 Å². The molecule has 0 saturated carbocycles. The molecule has 1 rings (SSSR count). The minimum atomic E-state index is -1.39. The van der Waals surface area contributed by atoms with Crippen molar-refractivity contribution in [3.8, 4) is 0 Å². The Labute approximate surface area is 87.5 Å². The van der Waals surface area contributed by atoms with Crippen LogP contribution in [0, 0.1) is 6.92 Å². The molecular weight excluding hydrogens is 202 g/mol. The van der Waals surface area contributed by atoms with Crippen LogP contribution in [0.2, 0.25) is 5.02 Å². The second kappa shape index (κ2) is 3.59. The molecule has 0 heterocycles.